The van der Waals surface area contributed by atoms with Crippen molar-refractivity contribution in [2.75, 3.05) is 25.6 Å². The van der Waals surface area contributed by atoms with Gasteiger partial charge in [0.15, 0.2) is 0 Å². The molecule has 1 aliphatic heterocycles. The summed E-state index contributed by atoms with van der Waals surface area (Å²) in [5.74, 6) is 1.20. The maximum Gasteiger partial charge on any atom is 0.251 e. The molecule has 30 heavy (non-hydrogen) atoms. The Bertz CT molecular complexity index is 967. The van der Waals surface area contributed by atoms with E-state index in [1.807, 2.05) is 36.4 Å². The van der Waals surface area contributed by atoms with E-state index >= 15 is 0 Å². The first-order valence-electron chi connectivity index (χ1n) is 9.94. The molecule has 1 saturated heterocycles. The quantitative estimate of drug-likeness (QED) is 0.623. The lowest BCUT2D eigenvalue weighted by molar-refractivity contribution is 0.0858. The average molecular weight is 404 g/mol. The molecule has 1 aromatic heterocycles. The van der Waals surface area contributed by atoms with Crippen molar-refractivity contribution in [2.24, 2.45) is 0 Å². The summed E-state index contributed by atoms with van der Waals surface area (Å²) in [6.45, 7) is 1.33. The van der Waals surface area contributed by atoms with Crippen LogP contribution >= 0.6 is 0 Å². The Morgan fingerprint density at radius 3 is 2.43 bits per heavy atom. The van der Waals surface area contributed by atoms with E-state index in [1.54, 1.807) is 31.6 Å². The molecular weight excluding hydrogens is 380 g/mol. The SMILES string of the molecule is COc1ccc(-c2cnc(Nc3ccc(C(=O)NCC4CCCO4)cc3)nc2)cc1. The van der Waals surface area contributed by atoms with E-state index in [9.17, 15) is 4.79 Å². The fraction of sp³-hybridized carbons (Fsp3) is 0.261. The van der Waals surface area contributed by atoms with Crippen molar-refractivity contribution in [1.82, 2.24) is 15.3 Å². The van der Waals surface area contributed by atoms with Crippen LogP contribution in [0.15, 0.2) is 60.9 Å². The van der Waals surface area contributed by atoms with Crippen LogP contribution < -0.4 is 15.4 Å². The highest BCUT2D eigenvalue weighted by Crippen LogP contribution is 2.22. The number of methoxy groups -OCH3 is 1. The number of nitrogens with one attached hydrogen (secondary N) is 2. The highest BCUT2D eigenvalue weighted by Gasteiger charge is 2.16. The van der Waals surface area contributed by atoms with Gasteiger partial charge in [-0.05, 0) is 54.8 Å². The fourth-order valence-corrected chi connectivity index (χ4v) is 3.27. The summed E-state index contributed by atoms with van der Waals surface area (Å²) in [7, 11) is 1.64. The molecular formula is C23H24N4O3. The number of nitrogens with zero attached hydrogens (tertiary/aromatic N) is 2. The number of ether oxygens (including phenoxy) is 2. The Hall–Kier alpha value is -3.45. The summed E-state index contributed by atoms with van der Waals surface area (Å²) in [4.78, 5) is 21.0. The van der Waals surface area contributed by atoms with Crippen molar-refractivity contribution < 1.29 is 14.3 Å². The second-order valence-corrected chi connectivity index (χ2v) is 7.07. The maximum atomic E-state index is 12.3. The van der Waals surface area contributed by atoms with Gasteiger partial charge in [-0.3, -0.25) is 4.79 Å². The van der Waals surface area contributed by atoms with Gasteiger partial charge >= 0.3 is 0 Å². The van der Waals surface area contributed by atoms with Crippen molar-refractivity contribution in [3.63, 3.8) is 0 Å². The van der Waals surface area contributed by atoms with Crippen LogP contribution in [-0.2, 0) is 4.74 Å². The number of aromatic nitrogens is 2. The van der Waals surface area contributed by atoms with Crippen LogP contribution in [-0.4, -0.2) is 42.2 Å². The molecule has 0 aliphatic carbocycles. The summed E-state index contributed by atoms with van der Waals surface area (Å²) in [5.41, 5.74) is 3.35. The Morgan fingerprint density at radius 1 is 1.07 bits per heavy atom. The van der Waals surface area contributed by atoms with Crippen LogP contribution in [0.3, 0.4) is 0 Å². The third-order valence-electron chi connectivity index (χ3n) is 4.99. The summed E-state index contributed by atoms with van der Waals surface area (Å²) in [6.07, 6.45) is 5.73. The molecule has 0 saturated carbocycles. The molecule has 0 spiro atoms. The molecule has 7 nitrogen and oxygen atoms in total. The predicted molar refractivity (Wildman–Crippen MR) is 115 cm³/mol. The standard InChI is InChI=1S/C23H24N4O3/c1-29-20-10-6-16(7-11-20)18-13-25-23(26-14-18)27-19-8-4-17(5-9-19)22(28)24-15-21-3-2-12-30-21/h4-11,13-14,21H,2-3,12,15H2,1H3,(H,24,28)(H,25,26,27). The van der Waals surface area contributed by atoms with Gasteiger partial charge in [0.1, 0.15) is 5.75 Å². The number of hydrogen-bond donors (Lipinski definition) is 2. The number of benzene rings is 2. The number of anilines is 2. The summed E-state index contributed by atoms with van der Waals surface area (Å²) in [6, 6.07) is 15.0. The van der Waals surface area contributed by atoms with Gasteiger partial charge in [0, 0.05) is 42.4 Å². The fourth-order valence-electron chi connectivity index (χ4n) is 3.27. The zero-order valence-corrected chi connectivity index (χ0v) is 16.8. The minimum Gasteiger partial charge on any atom is -0.497 e. The molecule has 1 fully saturated rings. The lowest BCUT2D eigenvalue weighted by Crippen LogP contribution is -2.31. The second-order valence-electron chi connectivity index (χ2n) is 7.07. The Balaban J connectivity index is 1.34. The molecule has 2 heterocycles. The van der Waals surface area contributed by atoms with Crippen LogP contribution in [0.4, 0.5) is 11.6 Å². The number of carbonyl (C=O) groups is 1. The van der Waals surface area contributed by atoms with Gasteiger partial charge < -0.3 is 20.1 Å². The summed E-state index contributed by atoms with van der Waals surface area (Å²) in [5, 5.41) is 6.07. The van der Waals surface area contributed by atoms with Crippen LogP contribution in [0.25, 0.3) is 11.1 Å². The molecule has 1 atom stereocenters. The molecule has 4 rings (SSSR count). The molecule has 2 aromatic carbocycles. The van der Waals surface area contributed by atoms with E-state index in [0.29, 0.717) is 18.1 Å². The molecule has 1 unspecified atom stereocenters. The van der Waals surface area contributed by atoms with Crippen LogP contribution in [0.2, 0.25) is 0 Å². The largest absolute Gasteiger partial charge is 0.497 e. The van der Waals surface area contributed by atoms with Crippen molar-refractivity contribution in [2.45, 2.75) is 18.9 Å². The monoisotopic (exact) mass is 404 g/mol. The predicted octanol–water partition coefficient (Wildman–Crippen LogP) is 3.80. The molecule has 1 aliphatic rings. The van der Waals surface area contributed by atoms with Gasteiger partial charge in [0.05, 0.1) is 13.2 Å². The molecule has 0 bridgehead atoms. The minimum absolute atomic E-state index is 0.0999. The number of hydrogen-bond acceptors (Lipinski definition) is 6. The average Bonchev–Trinajstić information content (AvgIpc) is 3.32. The lowest BCUT2D eigenvalue weighted by atomic mass is 10.1. The van der Waals surface area contributed by atoms with Gasteiger partial charge in [-0.2, -0.15) is 0 Å². The Labute approximate surface area is 175 Å². The number of amides is 1. The molecule has 3 aromatic rings. The van der Waals surface area contributed by atoms with Crippen molar-refractivity contribution in [1.29, 1.82) is 0 Å². The van der Waals surface area contributed by atoms with E-state index in [0.717, 1.165) is 42.0 Å². The zero-order chi connectivity index (χ0) is 20.8. The smallest absolute Gasteiger partial charge is 0.251 e. The normalized spacial score (nSPS) is 15.6. The third kappa shape index (κ3) is 4.93. The first kappa shape index (κ1) is 19.8. The summed E-state index contributed by atoms with van der Waals surface area (Å²) < 4.78 is 10.7. The van der Waals surface area contributed by atoms with E-state index in [2.05, 4.69) is 20.6 Å². The maximum absolute atomic E-state index is 12.3. The highest BCUT2D eigenvalue weighted by molar-refractivity contribution is 5.94. The van der Waals surface area contributed by atoms with Crippen LogP contribution in [0.1, 0.15) is 23.2 Å². The zero-order valence-electron chi connectivity index (χ0n) is 16.8. The molecule has 2 N–H and O–H groups in total. The van der Waals surface area contributed by atoms with E-state index < -0.39 is 0 Å². The lowest BCUT2D eigenvalue weighted by Gasteiger charge is -2.11. The molecule has 0 radical (unpaired) electrons. The number of carbonyl (C=O) groups excluding carboxylic acids is 1. The Morgan fingerprint density at radius 2 is 1.80 bits per heavy atom. The van der Waals surface area contributed by atoms with Crippen molar-refractivity contribution >= 4 is 17.5 Å². The highest BCUT2D eigenvalue weighted by atomic mass is 16.5. The van der Waals surface area contributed by atoms with Crippen LogP contribution in [0, 0.1) is 0 Å². The van der Waals surface area contributed by atoms with E-state index in [1.165, 1.54) is 0 Å². The summed E-state index contributed by atoms with van der Waals surface area (Å²) >= 11 is 0. The van der Waals surface area contributed by atoms with E-state index in [-0.39, 0.29) is 12.0 Å². The minimum atomic E-state index is -0.0999. The van der Waals surface area contributed by atoms with Gasteiger partial charge in [-0.1, -0.05) is 12.1 Å². The molecule has 1 amide bonds. The van der Waals surface area contributed by atoms with Crippen LogP contribution in [0.5, 0.6) is 5.75 Å². The van der Waals surface area contributed by atoms with Gasteiger partial charge in [-0.15, -0.1) is 0 Å². The first-order valence-corrected chi connectivity index (χ1v) is 9.94. The first-order chi connectivity index (χ1) is 14.7. The molecule has 154 valence electrons. The van der Waals surface area contributed by atoms with Gasteiger partial charge in [-0.25, -0.2) is 9.97 Å². The van der Waals surface area contributed by atoms with Gasteiger partial charge in [0.25, 0.3) is 5.91 Å². The van der Waals surface area contributed by atoms with Crippen molar-refractivity contribution in [3.8, 4) is 16.9 Å². The van der Waals surface area contributed by atoms with E-state index in [4.69, 9.17) is 9.47 Å². The van der Waals surface area contributed by atoms with Crippen molar-refractivity contribution in [3.05, 3.63) is 66.5 Å². The molecule has 7 heteroatoms. The third-order valence-corrected chi connectivity index (χ3v) is 4.99. The topological polar surface area (TPSA) is 85.4 Å². The Kier molecular flexibility index (Phi) is 6.20. The van der Waals surface area contributed by atoms with Gasteiger partial charge in [0.2, 0.25) is 5.95 Å². The second kappa shape index (κ2) is 9.37. The number of rotatable bonds is 7.